The number of esters is 1. The molecule has 0 spiro atoms. The zero-order chi connectivity index (χ0) is 38.9. The van der Waals surface area contributed by atoms with Crippen molar-refractivity contribution in [3.05, 3.63) is 60.9 Å². The van der Waals surface area contributed by atoms with Gasteiger partial charge < -0.3 is 25.2 Å². The van der Waals surface area contributed by atoms with Crippen LogP contribution in [0.15, 0.2) is 60.9 Å². The van der Waals surface area contributed by atoms with E-state index in [1.807, 2.05) is 42.5 Å². The molecule has 3 atom stereocenters. The van der Waals surface area contributed by atoms with E-state index in [1.165, 1.54) is 103 Å². The predicted molar refractivity (Wildman–Crippen MR) is 220 cm³/mol. The van der Waals surface area contributed by atoms with E-state index in [0.29, 0.717) is 19.3 Å². The van der Waals surface area contributed by atoms with Crippen LogP contribution in [0.5, 0.6) is 0 Å². The molecule has 0 radical (unpaired) electrons. The summed E-state index contributed by atoms with van der Waals surface area (Å²) < 4.78 is 33.0. The first kappa shape index (κ1) is 51.0. The molecule has 0 aromatic carbocycles. The molecule has 1 unspecified atom stereocenters. The standard InChI is InChI=1S/C43H78NO8P/c1-3-5-7-9-11-12-13-14-15-16-17-18-21-24-28-32-37-49-39-42(40-51-53(47,48)50-38-36-44)52-43(46)35-31-27-23-20-19-22-26-30-34-41(45)33-29-25-10-8-6-4-2/h20,22-23,25-26,29-30,32,34,37,41-42,45H,3-19,21,24,27-28,31,33,35-36,38-40,44H2,1-2H3,(H,47,48)/b23-20-,26-22-,29-25-,34-30+,37-32-/t41-,42+/m0/s1. The largest absolute Gasteiger partial charge is 0.498 e. The van der Waals surface area contributed by atoms with Crippen LogP contribution in [-0.2, 0) is 27.9 Å². The highest BCUT2D eigenvalue weighted by molar-refractivity contribution is 7.47. The Bertz CT molecular complexity index is 1010. The summed E-state index contributed by atoms with van der Waals surface area (Å²) in [4.78, 5) is 22.4. The molecule has 0 aliphatic carbocycles. The summed E-state index contributed by atoms with van der Waals surface area (Å²) >= 11 is 0. The molecule has 10 heteroatoms. The molecular weight excluding hydrogens is 689 g/mol. The quantitative estimate of drug-likeness (QED) is 0.0139. The number of allylic oxidation sites excluding steroid dienone is 7. The van der Waals surface area contributed by atoms with E-state index in [9.17, 15) is 19.4 Å². The fraction of sp³-hybridized carbons (Fsp3) is 0.744. The van der Waals surface area contributed by atoms with Crippen molar-refractivity contribution in [1.29, 1.82) is 0 Å². The SMILES string of the molecule is CCCCC/C=C\C[C@H](O)/C=C/C=C\C/C=C\CCCC(=O)O[C@H](CO/C=C\CCCCCCCCCCCCCCCC)COP(=O)(O)OCCN. The summed E-state index contributed by atoms with van der Waals surface area (Å²) in [6.07, 6.45) is 45.0. The van der Waals surface area contributed by atoms with Gasteiger partial charge in [-0.05, 0) is 57.4 Å². The summed E-state index contributed by atoms with van der Waals surface area (Å²) in [6, 6.07) is 0. The Morgan fingerprint density at radius 3 is 1.91 bits per heavy atom. The Hall–Kier alpha value is -2.00. The lowest BCUT2D eigenvalue weighted by molar-refractivity contribution is -0.153. The lowest BCUT2D eigenvalue weighted by Gasteiger charge is -2.19. The molecule has 0 bridgehead atoms. The number of hydrogen-bond donors (Lipinski definition) is 3. The second kappa shape index (κ2) is 39.7. The van der Waals surface area contributed by atoms with Crippen molar-refractivity contribution >= 4 is 13.8 Å². The molecule has 0 saturated carbocycles. The van der Waals surface area contributed by atoms with Gasteiger partial charge in [-0.25, -0.2) is 4.57 Å². The van der Waals surface area contributed by atoms with Gasteiger partial charge in [0, 0.05) is 13.0 Å². The molecule has 0 aliphatic rings. The summed E-state index contributed by atoms with van der Waals surface area (Å²) in [6.45, 7) is 4.05. The second-order valence-corrected chi connectivity index (χ2v) is 15.2. The Labute approximate surface area is 324 Å². The van der Waals surface area contributed by atoms with E-state index in [2.05, 4.69) is 19.9 Å². The minimum atomic E-state index is -4.32. The molecule has 0 aromatic heterocycles. The number of hydrogen-bond acceptors (Lipinski definition) is 8. The highest BCUT2D eigenvalue weighted by Gasteiger charge is 2.25. The van der Waals surface area contributed by atoms with E-state index in [1.54, 1.807) is 12.3 Å². The number of aliphatic hydroxyl groups is 1. The van der Waals surface area contributed by atoms with Crippen LogP contribution in [0.4, 0.5) is 0 Å². The third-order valence-corrected chi connectivity index (χ3v) is 9.57. The molecule has 0 heterocycles. The number of ether oxygens (including phenoxy) is 2. The lowest BCUT2D eigenvalue weighted by Crippen LogP contribution is -2.27. The van der Waals surface area contributed by atoms with Crippen molar-refractivity contribution in [1.82, 2.24) is 0 Å². The Morgan fingerprint density at radius 2 is 1.25 bits per heavy atom. The highest BCUT2D eigenvalue weighted by Crippen LogP contribution is 2.43. The van der Waals surface area contributed by atoms with E-state index < -0.39 is 26.0 Å². The molecular formula is C43H78NO8P. The third-order valence-electron chi connectivity index (χ3n) is 8.58. The molecule has 0 saturated heterocycles. The number of phosphoric acid groups is 1. The second-order valence-electron chi connectivity index (χ2n) is 13.8. The molecule has 4 N–H and O–H groups in total. The molecule has 0 amide bonds. The molecule has 53 heavy (non-hydrogen) atoms. The fourth-order valence-corrected chi connectivity index (χ4v) is 6.22. The number of rotatable bonds is 39. The van der Waals surface area contributed by atoms with Crippen LogP contribution >= 0.6 is 7.82 Å². The van der Waals surface area contributed by atoms with Crippen LogP contribution in [0.2, 0.25) is 0 Å². The maximum atomic E-state index is 12.5. The number of phosphoric ester groups is 1. The first-order valence-corrected chi connectivity index (χ1v) is 22.4. The average molecular weight is 768 g/mol. The van der Waals surface area contributed by atoms with Crippen molar-refractivity contribution in [3.63, 3.8) is 0 Å². The van der Waals surface area contributed by atoms with Crippen LogP contribution in [0.3, 0.4) is 0 Å². The van der Waals surface area contributed by atoms with Gasteiger partial charge in [0.05, 0.1) is 25.6 Å². The van der Waals surface area contributed by atoms with Gasteiger partial charge in [-0.1, -0.05) is 159 Å². The monoisotopic (exact) mass is 768 g/mol. The van der Waals surface area contributed by atoms with Crippen LogP contribution in [0.25, 0.3) is 0 Å². The van der Waals surface area contributed by atoms with Crippen LogP contribution in [-0.4, -0.2) is 54.5 Å². The zero-order valence-electron chi connectivity index (χ0n) is 33.6. The zero-order valence-corrected chi connectivity index (χ0v) is 34.5. The fourth-order valence-electron chi connectivity index (χ4n) is 5.45. The predicted octanol–water partition coefficient (Wildman–Crippen LogP) is 11.5. The summed E-state index contributed by atoms with van der Waals surface area (Å²) in [5.74, 6) is -0.433. The Kier molecular flexibility index (Phi) is 38.2. The summed E-state index contributed by atoms with van der Waals surface area (Å²) in [5, 5.41) is 10.0. The van der Waals surface area contributed by atoms with E-state index in [4.69, 9.17) is 24.3 Å². The molecule has 0 aliphatic heterocycles. The van der Waals surface area contributed by atoms with Crippen LogP contribution in [0, 0.1) is 0 Å². The number of carbonyl (C=O) groups is 1. The average Bonchev–Trinajstić information content (AvgIpc) is 3.14. The van der Waals surface area contributed by atoms with Gasteiger partial charge >= 0.3 is 13.8 Å². The minimum absolute atomic E-state index is 0.00860. The summed E-state index contributed by atoms with van der Waals surface area (Å²) in [7, 11) is -4.32. The van der Waals surface area contributed by atoms with E-state index in [0.717, 1.165) is 25.7 Å². The topological polar surface area (TPSA) is 138 Å². The maximum Gasteiger partial charge on any atom is 0.472 e. The van der Waals surface area contributed by atoms with Gasteiger partial charge in [0.1, 0.15) is 6.61 Å². The van der Waals surface area contributed by atoms with Crippen LogP contribution < -0.4 is 5.73 Å². The smallest absolute Gasteiger partial charge is 0.472 e. The van der Waals surface area contributed by atoms with Crippen molar-refractivity contribution in [3.8, 4) is 0 Å². The van der Waals surface area contributed by atoms with E-state index >= 15 is 0 Å². The Balaban J connectivity index is 4.28. The number of aliphatic hydroxyl groups excluding tert-OH is 1. The molecule has 308 valence electrons. The van der Waals surface area contributed by atoms with Gasteiger partial charge in [0.25, 0.3) is 0 Å². The molecule has 9 nitrogen and oxygen atoms in total. The Morgan fingerprint density at radius 1 is 0.679 bits per heavy atom. The first-order chi connectivity index (χ1) is 25.8. The molecule has 0 aromatic rings. The van der Waals surface area contributed by atoms with Crippen molar-refractivity contribution in [2.45, 2.75) is 180 Å². The van der Waals surface area contributed by atoms with E-state index in [-0.39, 0.29) is 32.8 Å². The van der Waals surface area contributed by atoms with Gasteiger partial charge in [0.15, 0.2) is 6.10 Å². The number of carbonyl (C=O) groups excluding carboxylic acids is 1. The van der Waals surface area contributed by atoms with Crippen molar-refractivity contribution in [2.24, 2.45) is 5.73 Å². The lowest BCUT2D eigenvalue weighted by atomic mass is 10.0. The third kappa shape index (κ3) is 39.5. The van der Waals surface area contributed by atoms with Gasteiger partial charge in [-0.15, -0.1) is 0 Å². The summed E-state index contributed by atoms with van der Waals surface area (Å²) in [5.41, 5.74) is 5.35. The minimum Gasteiger partial charge on any atom is -0.498 e. The number of unbranched alkanes of at least 4 members (excludes halogenated alkanes) is 18. The molecule has 0 rings (SSSR count). The number of nitrogens with two attached hydrogens (primary N) is 1. The highest BCUT2D eigenvalue weighted by atomic mass is 31.2. The van der Waals surface area contributed by atoms with Crippen molar-refractivity contribution in [2.75, 3.05) is 26.4 Å². The molecule has 0 fully saturated rings. The maximum absolute atomic E-state index is 12.5. The first-order valence-electron chi connectivity index (χ1n) is 20.9. The van der Waals surface area contributed by atoms with Crippen LogP contribution in [0.1, 0.15) is 168 Å². The van der Waals surface area contributed by atoms with Crippen molar-refractivity contribution < 1.29 is 37.9 Å². The van der Waals surface area contributed by atoms with Gasteiger partial charge in [0.2, 0.25) is 0 Å². The van der Waals surface area contributed by atoms with Gasteiger partial charge in [-0.2, -0.15) is 0 Å². The van der Waals surface area contributed by atoms with Gasteiger partial charge in [-0.3, -0.25) is 13.8 Å². The normalized spacial score (nSPS) is 14.7.